The molecule has 0 saturated carbocycles. The number of aryl methyl sites for hydroxylation is 2. The highest BCUT2D eigenvalue weighted by Crippen LogP contribution is 2.41. The summed E-state index contributed by atoms with van der Waals surface area (Å²) < 4.78 is 0. The topological polar surface area (TPSA) is 12.0 Å². The molecule has 20 heavy (non-hydrogen) atoms. The Morgan fingerprint density at radius 1 is 1.15 bits per heavy atom. The zero-order valence-corrected chi connectivity index (χ0v) is 14.0. The van der Waals surface area contributed by atoms with Crippen LogP contribution in [0.15, 0.2) is 36.4 Å². The van der Waals surface area contributed by atoms with Crippen LogP contribution in [0, 0.1) is 13.8 Å². The molecule has 2 rings (SSSR count). The van der Waals surface area contributed by atoms with Crippen molar-refractivity contribution in [1.82, 2.24) is 5.32 Å². The van der Waals surface area contributed by atoms with Crippen LogP contribution in [0.4, 0.5) is 0 Å². The van der Waals surface area contributed by atoms with Gasteiger partial charge in [0.1, 0.15) is 0 Å². The maximum Gasteiger partial charge on any atom is 0.0510 e. The van der Waals surface area contributed by atoms with Crippen molar-refractivity contribution in [3.8, 4) is 0 Å². The number of hydrogen-bond acceptors (Lipinski definition) is 2. The average Bonchev–Trinajstić information content (AvgIpc) is 2.75. The second-order valence-corrected chi connectivity index (χ2v) is 7.27. The third kappa shape index (κ3) is 2.97. The van der Waals surface area contributed by atoms with Crippen LogP contribution in [0.1, 0.15) is 47.7 Å². The molecule has 1 N–H and O–H groups in total. The van der Waals surface area contributed by atoms with Gasteiger partial charge in [-0.25, -0.2) is 0 Å². The predicted molar refractivity (Wildman–Crippen MR) is 89.7 cm³/mol. The van der Waals surface area contributed by atoms with E-state index in [-0.39, 0.29) is 5.41 Å². The van der Waals surface area contributed by atoms with Gasteiger partial charge >= 0.3 is 0 Å². The first-order valence-electron chi connectivity index (χ1n) is 7.32. The van der Waals surface area contributed by atoms with E-state index in [4.69, 9.17) is 0 Å². The first-order valence-corrected chi connectivity index (χ1v) is 8.14. The number of rotatable bonds is 5. The summed E-state index contributed by atoms with van der Waals surface area (Å²) in [5.41, 5.74) is 2.86. The molecular formula is C18H25NS. The van der Waals surface area contributed by atoms with Crippen molar-refractivity contribution in [3.05, 3.63) is 57.3 Å². The Hall–Kier alpha value is -1.12. The minimum absolute atomic E-state index is 0.0688. The molecular weight excluding hydrogens is 262 g/mol. The van der Waals surface area contributed by atoms with Gasteiger partial charge in [-0.05, 0) is 37.6 Å². The fourth-order valence-corrected chi connectivity index (χ4v) is 4.16. The van der Waals surface area contributed by atoms with Gasteiger partial charge in [-0.3, -0.25) is 0 Å². The molecule has 0 amide bonds. The summed E-state index contributed by atoms with van der Waals surface area (Å²) in [4.78, 5) is 2.86. The lowest BCUT2D eigenvalue weighted by atomic mass is 9.76. The lowest BCUT2D eigenvalue weighted by molar-refractivity contribution is 0.358. The largest absolute Gasteiger partial charge is 0.309 e. The minimum atomic E-state index is 0.0688. The summed E-state index contributed by atoms with van der Waals surface area (Å²) >= 11 is 1.92. The van der Waals surface area contributed by atoms with Crippen LogP contribution < -0.4 is 5.32 Å². The third-order valence-electron chi connectivity index (χ3n) is 3.99. The van der Waals surface area contributed by atoms with Gasteiger partial charge in [0.25, 0.3) is 0 Å². The first-order chi connectivity index (χ1) is 9.46. The minimum Gasteiger partial charge on any atom is -0.309 e. The normalized spacial score (nSPS) is 13.4. The highest BCUT2D eigenvalue weighted by atomic mass is 32.1. The van der Waals surface area contributed by atoms with Gasteiger partial charge in [0.2, 0.25) is 0 Å². The molecule has 0 radical (unpaired) electrons. The number of benzene rings is 1. The Labute approximate surface area is 127 Å². The maximum absolute atomic E-state index is 3.70. The van der Waals surface area contributed by atoms with Gasteiger partial charge in [0.15, 0.2) is 0 Å². The van der Waals surface area contributed by atoms with E-state index >= 15 is 0 Å². The van der Waals surface area contributed by atoms with Gasteiger partial charge in [0, 0.05) is 15.2 Å². The molecule has 1 aromatic heterocycles. The van der Waals surface area contributed by atoms with Crippen LogP contribution in [0.2, 0.25) is 0 Å². The lowest BCUT2D eigenvalue weighted by Gasteiger charge is -2.35. The van der Waals surface area contributed by atoms with E-state index in [2.05, 4.69) is 76.3 Å². The summed E-state index contributed by atoms with van der Waals surface area (Å²) in [5.74, 6) is 0. The monoisotopic (exact) mass is 287 g/mol. The van der Waals surface area contributed by atoms with Gasteiger partial charge in [-0.2, -0.15) is 0 Å². The molecule has 1 unspecified atom stereocenters. The van der Waals surface area contributed by atoms with Crippen LogP contribution in [-0.2, 0) is 5.41 Å². The summed E-state index contributed by atoms with van der Waals surface area (Å²) in [5, 5.41) is 3.70. The number of thiophene rings is 1. The van der Waals surface area contributed by atoms with Crippen LogP contribution in [0.25, 0.3) is 0 Å². The van der Waals surface area contributed by atoms with Crippen molar-refractivity contribution in [1.29, 1.82) is 0 Å². The van der Waals surface area contributed by atoms with Gasteiger partial charge < -0.3 is 5.32 Å². The van der Waals surface area contributed by atoms with Crippen molar-refractivity contribution < 1.29 is 0 Å². The second kappa shape index (κ2) is 6.11. The molecule has 0 fully saturated rings. The first kappa shape index (κ1) is 15.3. The van der Waals surface area contributed by atoms with E-state index in [0.29, 0.717) is 6.04 Å². The molecule has 0 bridgehead atoms. The van der Waals surface area contributed by atoms with Crippen molar-refractivity contribution >= 4 is 11.3 Å². The summed E-state index contributed by atoms with van der Waals surface area (Å²) in [6.45, 7) is 12.3. The second-order valence-electron chi connectivity index (χ2n) is 5.98. The summed E-state index contributed by atoms with van der Waals surface area (Å²) in [6, 6.07) is 13.5. The molecule has 1 atom stereocenters. The van der Waals surface area contributed by atoms with E-state index in [0.717, 1.165) is 6.54 Å². The average molecular weight is 287 g/mol. The van der Waals surface area contributed by atoms with Gasteiger partial charge in [-0.15, -0.1) is 11.3 Å². The zero-order chi connectivity index (χ0) is 14.8. The number of hydrogen-bond donors (Lipinski definition) is 1. The van der Waals surface area contributed by atoms with E-state index in [9.17, 15) is 0 Å². The molecule has 0 spiro atoms. The van der Waals surface area contributed by atoms with E-state index in [1.54, 1.807) is 0 Å². The maximum atomic E-state index is 3.70. The molecule has 2 aromatic rings. The Bertz CT molecular complexity index is 554. The standard InChI is InChI=1S/C18H25NS/c1-6-19-17(16-13(2)12-14(3)20-16)18(4,5)15-10-8-7-9-11-15/h7-12,17,19H,6H2,1-5H3. The number of likely N-dealkylation sites (N-methyl/N-ethyl adjacent to an activating group) is 1. The van der Waals surface area contributed by atoms with Crippen molar-refractivity contribution in [2.45, 2.75) is 46.1 Å². The Morgan fingerprint density at radius 3 is 2.30 bits per heavy atom. The van der Waals surface area contributed by atoms with E-state index in [1.807, 2.05) is 11.3 Å². The van der Waals surface area contributed by atoms with Crippen LogP contribution in [0.5, 0.6) is 0 Å². The molecule has 0 aliphatic carbocycles. The molecule has 0 saturated heterocycles. The van der Waals surface area contributed by atoms with Crippen LogP contribution in [-0.4, -0.2) is 6.54 Å². The smallest absolute Gasteiger partial charge is 0.0510 e. The summed E-state index contributed by atoms with van der Waals surface area (Å²) in [7, 11) is 0. The highest BCUT2D eigenvalue weighted by molar-refractivity contribution is 7.12. The van der Waals surface area contributed by atoms with Crippen molar-refractivity contribution in [3.63, 3.8) is 0 Å². The van der Waals surface area contributed by atoms with E-state index in [1.165, 1.54) is 20.9 Å². The molecule has 2 heteroatoms. The fraction of sp³-hybridized carbons (Fsp3) is 0.444. The molecule has 1 heterocycles. The third-order valence-corrected chi connectivity index (χ3v) is 5.21. The Morgan fingerprint density at radius 2 is 1.80 bits per heavy atom. The predicted octanol–water partition coefficient (Wildman–Crippen LogP) is 4.99. The summed E-state index contributed by atoms with van der Waals surface area (Å²) in [6.07, 6.45) is 0. The van der Waals surface area contributed by atoms with Crippen LogP contribution in [0.3, 0.4) is 0 Å². The Balaban J connectivity index is 2.45. The van der Waals surface area contributed by atoms with Crippen molar-refractivity contribution in [2.75, 3.05) is 6.54 Å². The van der Waals surface area contributed by atoms with E-state index < -0.39 is 0 Å². The molecule has 0 aliphatic heterocycles. The molecule has 1 aromatic carbocycles. The van der Waals surface area contributed by atoms with Crippen molar-refractivity contribution in [2.24, 2.45) is 0 Å². The van der Waals surface area contributed by atoms with Gasteiger partial charge in [-0.1, -0.05) is 51.1 Å². The SMILES string of the molecule is CCNC(c1sc(C)cc1C)C(C)(C)c1ccccc1. The quantitative estimate of drug-likeness (QED) is 0.816. The highest BCUT2D eigenvalue weighted by Gasteiger charge is 2.33. The Kier molecular flexibility index (Phi) is 4.66. The fourth-order valence-electron chi connectivity index (χ4n) is 2.86. The lowest BCUT2D eigenvalue weighted by Crippen LogP contribution is -2.37. The number of nitrogens with one attached hydrogen (secondary N) is 1. The molecule has 1 nitrogen and oxygen atoms in total. The zero-order valence-electron chi connectivity index (χ0n) is 13.2. The molecule has 0 aliphatic rings. The van der Waals surface area contributed by atoms with Crippen LogP contribution >= 0.6 is 11.3 Å². The van der Waals surface area contributed by atoms with Gasteiger partial charge in [0.05, 0.1) is 6.04 Å². The molecule has 108 valence electrons.